The minimum atomic E-state index is -4.83. The van der Waals surface area contributed by atoms with Crippen molar-refractivity contribution >= 4 is 0 Å². The Balaban J connectivity index is 0. The average molecular weight is 360 g/mol. The lowest BCUT2D eigenvalue weighted by Gasteiger charge is -2.17. The van der Waals surface area contributed by atoms with Crippen LogP contribution in [0.1, 0.15) is 70.3 Å². The van der Waals surface area contributed by atoms with E-state index in [1.165, 1.54) is 26.9 Å². The van der Waals surface area contributed by atoms with Gasteiger partial charge in [-0.15, -0.1) is 0 Å². The van der Waals surface area contributed by atoms with E-state index in [9.17, 15) is 26.3 Å². The Morgan fingerprint density at radius 2 is 1.17 bits per heavy atom. The van der Waals surface area contributed by atoms with E-state index < -0.39 is 29.6 Å². The number of hydrogen-bond donors (Lipinski definition) is 0. The quantitative estimate of drug-likeness (QED) is 0.515. The maximum atomic E-state index is 12.5. The highest BCUT2D eigenvalue weighted by Gasteiger charge is 2.37. The Morgan fingerprint density at radius 3 is 1.38 bits per heavy atom. The molecule has 1 atom stereocenters. The molecule has 0 saturated carbocycles. The molecule has 0 heterocycles. The summed E-state index contributed by atoms with van der Waals surface area (Å²) in [6.45, 7) is 9.73. The third-order valence-electron chi connectivity index (χ3n) is 2.93. The second kappa shape index (κ2) is 11.3. The van der Waals surface area contributed by atoms with E-state index in [-0.39, 0.29) is 11.6 Å². The summed E-state index contributed by atoms with van der Waals surface area (Å²) in [6, 6.07) is 1.40. The van der Waals surface area contributed by atoms with Gasteiger partial charge in [0.05, 0.1) is 17.2 Å². The number of halogens is 6. The SMILES string of the molecule is CC.CCCC.CO[C@H](C)c1cc(C(F)(F)F)cc(C(F)(F)F)c1. The lowest BCUT2D eigenvalue weighted by molar-refractivity contribution is -0.143. The number of benzene rings is 1. The normalized spacial score (nSPS) is 12.5. The summed E-state index contributed by atoms with van der Waals surface area (Å²) in [5.41, 5.74) is -2.84. The van der Waals surface area contributed by atoms with Crippen molar-refractivity contribution < 1.29 is 31.1 Å². The fraction of sp³-hybridized carbons (Fsp3) is 0.647. The predicted molar refractivity (Wildman–Crippen MR) is 83.8 cm³/mol. The van der Waals surface area contributed by atoms with Crippen LogP contribution in [0.5, 0.6) is 0 Å². The van der Waals surface area contributed by atoms with Crippen LogP contribution in [-0.2, 0) is 17.1 Å². The molecule has 0 aliphatic carbocycles. The smallest absolute Gasteiger partial charge is 0.377 e. The molecule has 0 aromatic heterocycles. The molecule has 1 aromatic rings. The number of methoxy groups -OCH3 is 1. The van der Waals surface area contributed by atoms with Gasteiger partial charge in [0.25, 0.3) is 0 Å². The summed E-state index contributed by atoms with van der Waals surface area (Å²) in [5.74, 6) is 0. The first-order valence-corrected chi connectivity index (χ1v) is 7.79. The van der Waals surface area contributed by atoms with Gasteiger partial charge >= 0.3 is 12.4 Å². The van der Waals surface area contributed by atoms with Gasteiger partial charge in [0.15, 0.2) is 0 Å². The lowest BCUT2D eigenvalue weighted by Crippen LogP contribution is -2.12. The highest BCUT2D eigenvalue weighted by molar-refractivity contribution is 5.34. The molecule has 0 amide bonds. The van der Waals surface area contributed by atoms with E-state index in [2.05, 4.69) is 13.8 Å². The zero-order valence-corrected chi connectivity index (χ0v) is 14.9. The maximum Gasteiger partial charge on any atom is 0.416 e. The van der Waals surface area contributed by atoms with Gasteiger partial charge in [0.2, 0.25) is 0 Å². The molecule has 142 valence electrons. The van der Waals surface area contributed by atoms with E-state index in [0.29, 0.717) is 12.1 Å². The minimum Gasteiger partial charge on any atom is -0.377 e. The molecule has 0 saturated heterocycles. The van der Waals surface area contributed by atoms with Crippen molar-refractivity contribution in [3.05, 3.63) is 34.9 Å². The predicted octanol–water partition coefficient (Wildman–Crippen LogP) is 7.26. The number of alkyl halides is 6. The van der Waals surface area contributed by atoms with Crippen LogP contribution in [-0.4, -0.2) is 7.11 Å². The fourth-order valence-corrected chi connectivity index (χ4v) is 1.35. The van der Waals surface area contributed by atoms with Crippen molar-refractivity contribution in [3.8, 4) is 0 Å². The van der Waals surface area contributed by atoms with Gasteiger partial charge in [-0.3, -0.25) is 0 Å². The maximum absolute atomic E-state index is 12.5. The van der Waals surface area contributed by atoms with E-state index in [4.69, 9.17) is 4.74 Å². The lowest BCUT2D eigenvalue weighted by atomic mass is 10.0. The Bertz CT molecular complexity index is 417. The Labute approximate surface area is 140 Å². The molecule has 0 bridgehead atoms. The Kier molecular flexibility index (Phi) is 11.8. The van der Waals surface area contributed by atoms with Crippen LogP contribution in [0, 0.1) is 0 Å². The van der Waals surface area contributed by atoms with Crippen LogP contribution in [0.15, 0.2) is 18.2 Å². The van der Waals surface area contributed by atoms with Gasteiger partial charge in [-0.25, -0.2) is 0 Å². The van der Waals surface area contributed by atoms with Crippen LogP contribution in [0.3, 0.4) is 0 Å². The number of hydrogen-bond acceptors (Lipinski definition) is 1. The number of unbranched alkanes of at least 4 members (excludes halogenated alkanes) is 1. The molecule has 0 radical (unpaired) electrons. The fourth-order valence-electron chi connectivity index (χ4n) is 1.35. The summed E-state index contributed by atoms with van der Waals surface area (Å²) in [7, 11) is 1.21. The molecule has 7 heteroatoms. The van der Waals surface area contributed by atoms with E-state index in [0.717, 1.165) is 0 Å². The minimum absolute atomic E-state index is 0.0892. The largest absolute Gasteiger partial charge is 0.416 e. The van der Waals surface area contributed by atoms with Gasteiger partial charge < -0.3 is 4.74 Å². The van der Waals surface area contributed by atoms with Crippen LogP contribution in [0.2, 0.25) is 0 Å². The third kappa shape index (κ3) is 9.15. The summed E-state index contributed by atoms with van der Waals surface area (Å²) in [4.78, 5) is 0. The second-order valence-corrected chi connectivity index (χ2v) is 4.72. The van der Waals surface area contributed by atoms with Gasteiger partial charge in [-0.2, -0.15) is 26.3 Å². The molecule has 0 spiro atoms. The number of rotatable bonds is 3. The standard InChI is InChI=1S/C11H10F6O.C4H10.C2H6/c1-6(18-2)7-3-8(10(12,13)14)5-9(4-7)11(15,16)17;1-3-4-2;1-2/h3-6H,1-2H3;3-4H2,1-2H3;1-2H3/t6-;;/m1../s1. The molecule has 1 rings (SSSR count). The Hall–Kier alpha value is -1.24. The monoisotopic (exact) mass is 360 g/mol. The molecule has 1 nitrogen and oxygen atoms in total. The van der Waals surface area contributed by atoms with Gasteiger partial charge in [-0.1, -0.05) is 40.5 Å². The van der Waals surface area contributed by atoms with Crippen molar-refractivity contribution in [3.63, 3.8) is 0 Å². The zero-order chi connectivity index (χ0) is 19.6. The summed E-state index contributed by atoms with van der Waals surface area (Å²) >= 11 is 0. The summed E-state index contributed by atoms with van der Waals surface area (Å²) < 4.78 is 79.7. The van der Waals surface area contributed by atoms with E-state index >= 15 is 0 Å². The van der Waals surface area contributed by atoms with Crippen LogP contribution < -0.4 is 0 Å². The first kappa shape index (κ1) is 25.0. The topological polar surface area (TPSA) is 9.23 Å². The second-order valence-electron chi connectivity index (χ2n) is 4.72. The molecule has 24 heavy (non-hydrogen) atoms. The van der Waals surface area contributed by atoms with Crippen molar-refractivity contribution in [1.82, 2.24) is 0 Å². The molecule has 0 aliphatic rings. The highest BCUT2D eigenvalue weighted by atomic mass is 19.4. The third-order valence-corrected chi connectivity index (χ3v) is 2.93. The van der Waals surface area contributed by atoms with Gasteiger partial charge in [0, 0.05) is 7.11 Å². The average Bonchev–Trinajstić information content (AvgIpc) is 2.54. The Morgan fingerprint density at radius 1 is 0.833 bits per heavy atom. The van der Waals surface area contributed by atoms with Crippen molar-refractivity contribution in [2.24, 2.45) is 0 Å². The zero-order valence-electron chi connectivity index (χ0n) is 14.9. The van der Waals surface area contributed by atoms with Gasteiger partial charge in [0.1, 0.15) is 0 Å². The van der Waals surface area contributed by atoms with Crippen molar-refractivity contribution in [2.45, 2.75) is 65.9 Å². The van der Waals surface area contributed by atoms with E-state index in [1.807, 2.05) is 13.8 Å². The molecule has 0 N–H and O–H groups in total. The van der Waals surface area contributed by atoms with E-state index in [1.54, 1.807) is 0 Å². The first-order valence-electron chi connectivity index (χ1n) is 7.79. The molecular weight excluding hydrogens is 334 g/mol. The van der Waals surface area contributed by atoms with Crippen LogP contribution >= 0.6 is 0 Å². The number of ether oxygens (including phenoxy) is 1. The molecule has 0 aliphatic heterocycles. The summed E-state index contributed by atoms with van der Waals surface area (Å²) in [5, 5.41) is 0. The first-order chi connectivity index (χ1) is 11.0. The van der Waals surface area contributed by atoms with Crippen molar-refractivity contribution in [1.29, 1.82) is 0 Å². The molecular formula is C17H26F6O. The van der Waals surface area contributed by atoms with Crippen molar-refractivity contribution in [2.75, 3.05) is 7.11 Å². The van der Waals surface area contributed by atoms with Crippen LogP contribution in [0.4, 0.5) is 26.3 Å². The highest BCUT2D eigenvalue weighted by Crippen LogP contribution is 2.37. The summed E-state index contributed by atoms with van der Waals surface area (Å²) in [6.07, 6.45) is -7.87. The molecule has 0 fully saturated rings. The molecule has 0 unspecified atom stereocenters. The van der Waals surface area contributed by atoms with Crippen LogP contribution in [0.25, 0.3) is 0 Å². The van der Waals surface area contributed by atoms with Gasteiger partial charge in [-0.05, 0) is 30.7 Å². The molecule has 1 aromatic carbocycles.